The van der Waals surface area contributed by atoms with Crippen molar-refractivity contribution in [3.8, 4) is 11.4 Å². The highest BCUT2D eigenvalue weighted by Gasteiger charge is 2.46. The Hall–Kier alpha value is -3.32. The zero-order valence-electron chi connectivity index (χ0n) is 14.8. The third-order valence-corrected chi connectivity index (χ3v) is 4.73. The number of imide groups is 1. The van der Waals surface area contributed by atoms with Crippen LogP contribution in [-0.4, -0.2) is 43.8 Å². The van der Waals surface area contributed by atoms with Gasteiger partial charge >= 0.3 is 11.9 Å². The number of urea groups is 1. The van der Waals surface area contributed by atoms with Crippen LogP contribution in [0.5, 0.6) is 0 Å². The number of benzene rings is 1. The zero-order chi connectivity index (χ0) is 19.7. The fraction of sp³-hybridized carbons (Fsp3) is 0.150. The summed E-state index contributed by atoms with van der Waals surface area (Å²) in [7, 11) is 0. The van der Waals surface area contributed by atoms with Gasteiger partial charge in [0.15, 0.2) is 6.54 Å². The lowest BCUT2D eigenvalue weighted by atomic mass is 9.94. The maximum Gasteiger partial charge on any atom is 0.501 e. The lowest BCUT2D eigenvalue weighted by Gasteiger charge is -2.25. The van der Waals surface area contributed by atoms with Gasteiger partial charge in [0.05, 0.1) is 0 Å². The summed E-state index contributed by atoms with van der Waals surface area (Å²) in [5.41, 5.74) is 1.34. The molecule has 140 valence electrons. The van der Waals surface area contributed by atoms with Gasteiger partial charge in [-0.2, -0.15) is 19.3 Å². The largest absolute Gasteiger partial charge is 0.501 e. The van der Waals surface area contributed by atoms with E-state index in [-0.39, 0.29) is 24.9 Å². The molecule has 0 saturated heterocycles. The summed E-state index contributed by atoms with van der Waals surface area (Å²) in [5.74, 6) is -0.137. The van der Waals surface area contributed by atoms with Crippen LogP contribution in [0.4, 0.5) is 4.79 Å². The Balaban J connectivity index is 1.67. The lowest BCUT2D eigenvalue weighted by molar-refractivity contribution is -0.459. The number of halogens is 1. The van der Waals surface area contributed by atoms with Gasteiger partial charge in [0.1, 0.15) is 18.2 Å². The van der Waals surface area contributed by atoms with Crippen molar-refractivity contribution in [3.05, 3.63) is 72.1 Å². The van der Waals surface area contributed by atoms with E-state index in [4.69, 9.17) is 16.1 Å². The maximum atomic E-state index is 12.9. The van der Waals surface area contributed by atoms with Gasteiger partial charge in [0.2, 0.25) is 5.82 Å². The number of hydrogen-bond acceptors (Lipinski definition) is 5. The Bertz CT molecular complexity index is 1050. The summed E-state index contributed by atoms with van der Waals surface area (Å²) in [5, 5.41) is 4.59. The first kappa shape index (κ1) is 18.1. The molecule has 4 rings (SSSR count). The van der Waals surface area contributed by atoms with Crippen molar-refractivity contribution < 1.29 is 18.7 Å². The topological polar surface area (TPSA) is 79.3 Å². The lowest BCUT2D eigenvalue weighted by Crippen LogP contribution is -2.54. The minimum Gasteiger partial charge on any atom is -0.335 e. The molecular weight excluding hydrogens is 380 g/mol. The first-order chi connectivity index (χ1) is 13.6. The molecule has 0 radical (unpaired) electrons. The molecule has 1 aromatic carbocycles. The van der Waals surface area contributed by atoms with Crippen molar-refractivity contribution in [3.63, 3.8) is 0 Å². The molecule has 2 aromatic rings. The fourth-order valence-corrected chi connectivity index (χ4v) is 3.27. The molecule has 0 bridgehead atoms. The van der Waals surface area contributed by atoms with E-state index in [0.717, 1.165) is 5.56 Å². The molecule has 0 saturated carbocycles. The fourth-order valence-electron chi connectivity index (χ4n) is 3.14. The quantitative estimate of drug-likeness (QED) is 0.573. The molecule has 0 fully saturated rings. The molecule has 3 amide bonds. The number of amides is 3. The van der Waals surface area contributed by atoms with Gasteiger partial charge in [-0.25, -0.2) is 4.79 Å². The summed E-state index contributed by atoms with van der Waals surface area (Å²) in [6.07, 6.45) is 8.61. The van der Waals surface area contributed by atoms with Gasteiger partial charge in [-0.05, 0) is 30.3 Å². The first-order valence-corrected chi connectivity index (χ1v) is 9.00. The molecule has 1 atom stereocenters. The molecule has 0 N–H and O–H groups in total. The van der Waals surface area contributed by atoms with Crippen molar-refractivity contribution in [2.75, 3.05) is 6.54 Å². The average Bonchev–Trinajstić information content (AvgIpc) is 3.18. The minimum atomic E-state index is -0.527. The predicted octanol–water partition coefficient (Wildman–Crippen LogP) is 3.23. The average molecular weight is 396 g/mol. The van der Waals surface area contributed by atoms with E-state index in [9.17, 15) is 9.59 Å². The third-order valence-electron chi connectivity index (χ3n) is 4.48. The first-order valence-electron chi connectivity index (χ1n) is 8.62. The molecule has 7 nitrogen and oxygen atoms in total. The Morgan fingerprint density at radius 1 is 1.25 bits per heavy atom. The van der Waals surface area contributed by atoms with E-state index in [1.54, 1.807) is 48.6 Å². The molecule has 2 aliphatic rings. The second kappa shape index (κ2) is 7.36. The third kappa shape index (κ3) is 3.20. The molecule has 0 spiro atoms. The summed E-state index contributed by atoms with van der Waals surface area (Å²) >= 11 is 5.90. The Morgan fingerprint density at radius 3 is 2.79 bits per heavy atom. The van der Waals surface area contributed by atoms with Gasteiger partial charge in [-0.1, -0.05) is 47.6 Å². The summed E-state index contributed by atoms with van der Waals surface area (Å²) in [6.45, 7) is 3.82. The molecule has 1 aliphatic carbocycles. The molecule has 2 heterocycles. The molecular formula is C20H16ClN4O3+. The van der Waals surface area contributed by atoms with Crippen LogP contribution in [0.3, 0.4) is 0 Å². The summed E-state index contributed by atoms with van der Waals surface area (Å²) in [4.78, 5) is 31.1. The molecule has 28 heavy (non-hydrogen) atoms. The number of allylic oxidation sites excluding steroid dienone is 3. The number of rotatable bonds is 5. The monoisotopic (exact) mass is 395 g/mol. The number of carbonyl (C=O) groups is 2. The van der Waals surface area contributed by atoms with Crippen molar-refractivity contribution >= 4 is 29.3 Å². The standard InChI is InChI=1S/C20H16ClN4O3/c1-2-11-24-19(26)15-5-3-4-6-16(15)25(20(24)27)12-17-22-18(23-28-17)13-7-9-14(21)10-8-13/h2-10,15H,1,11-12H2/q+1. The van der Waals surface area contributed by atoms with E-state index in [1.807, 2.05) is 0 Å². The number of fused-ring (bicyclic) bond motifs is 1. The zero-order valence-corrected chi connectivity index (χ0v) is 15.5. The van der Waals surface area contributed by atoms with E-state index in [2.05, 4.69) is 16.7 Å². The van der Waals surface area contributed by atoms with Crippen LogP contribution >= 0.6 is 11.6 Å². The Morgan fingerprint density at radius 2 is 2.04 bits per heavy atom. The van der Waals surface area contributed by atoms with E-state index >= 15 is 0 Å². The highest BCUT2D eigenvalue weighted by atomic mass is 35.5. The molecule has 8 heteroatoms. The van der Waals surface area contributed by atoms with Crippen LogP contribution < -0.4 is 0 Å². The van der Waals surface area contributed by atoms with E-state index in [1.165, 1.54) is 15.6 Å². The van der Waals surface area contributed by atoms with Crippen LogP contribution in [0.2, 0.25) is 5.02 Å². The highest BCUT2D eigenvalue weighted by Crippen LogP contribution is 2.22. The second-order valence-electron chi connectivity index (χ2n) is 6.27. The van der Waals surface area contributed by atoms with Crippen LogP contribution in [0, 0.1) is 5.92 Å². The number of aromatic nitrogens is 2. The van der Waals surface area contributed by atoms with Crippen molar-refractivity contribution in [2.24, 2.45) is 5.92 Å². The van der Waals surface area contributed by atoms with Crippen molar-refractivity contribution in [2.45, 2.75) is 6.54 Å². The van der Waals surface area contributed by atoms with Gasteiger partial charge in [0.25, 0.3) is 5.89 Å². The smallest absolute Gasteiger partial charge is 0.335 e. The Labute approximate surface area is 165 Å². The van der Waals surface area contributed by atoms with Crippen LogP contribution in [0.25, 0.3) is 11.4 Å². The highest BCUT2D eigenvalue weighted by molar-refractivity contribution is 6.30. The second-order valence-corrected chi connectivity index (χ2v) is 6.71. The summed E-state index contributed by atoms with van der Waals surface area (Å²) in [6, 6.07) is 6.60. The van der Waals surface area contributed by atoms with E-state index in [0.29, 0.717) is 16.6 Å². The normalized spacial score (nSPS) is 18.6. The van der Waals surface area contributed by atoms with Crippen molar-refractivity contribution in [1.82, 2.24) is 15.0 Å². The van der Waals surface area contributed by atoms with Gasteiger partial charge in [-0.3, -0.25) is 0 Å². The number of hydrogen-bond donors (Lipinski definition) is 0. The minimum absolute atomic E-state index is 0.0599. The molecule has 1 aromatic heterocycles. The van der Waals surface area contributed by atoms with Crippen molar-refractivity contribution in [1.29, 1.82) is 0 Å². The van der Waals surface area contributed by atoms with Crippen LogP contribution in [0.1, 0.15) is 5.89 Å². The van der Waals surface area contributed by atoms with Crippen LogP contribution in [0.15, 0.2) is 65.7 Å². The predicted molar refractivity (Wildman–Crippen MR) is 103 cm³/mol. The number of carbonyl (C=O) groups excluding carboxylic acids is 2. The van der Waals surface area contributed by atoms with Crippen LogP contribution in [-0.2, 0) is 11.3 Å². The van der Waals surface area contributed by atoms with Gasteiger partial charge in [-0.15, -0.1) is 0 Å². The van der Waals surface area contributed by atoms with E-state index < -0.39 is 11.9 Å². The SMILES string of the molecule is C=CCN1C(=O)C2C=CC=CC2=[N+](Cc2nc(-c3ccc(Cl)cc3)no2)C1=O. The maximum absolute atomic E-state index is 12.9. The van der Waals surface area contributed by atoms with Gasteiger partial charge < -0.3 is 4.52 Å². The Kier molecular flexibility index (Phi) is 4.75. The summed E-state index contributed by atoms with van der Waals surface area (Å²) < 4.78 is 6.82. The molecule has 1 aliphatic heterocycles. The number of nitrogens with zero attached hydrogens (tertiary/aromatic N) is 4. The van der Waals surface area contributed by atoms with Gasteiger partial charge in [0, 0.05) is 10.6 Å². The molecule has 1 unspecified atom stereocenters.